The number of carbonyl (C=O) groups is 2. The molecule has 5 rings (SSSR count). The van der Waals surface area contributed by atoms with E-state index in [0.29, 0.717) is 51.9 Å². The molecule has 0 aliphatic carbocycles. The van der Waals surface area contributed by atoms with E-state index >= 15 is 0 Å². The van der Waals surface area contributed by atoms with Gasteiger partial charge < -0.3 is 20.1 Å². The number of aryl methyl sites for hydroxylation is 1. The molecule has 0 spiro atoms. The van der Waals surface area contributed by atoms with Gasteiger partial charge in [-0.25, -0.2) is 8.42 Å². The Labute approximate surface area is 233 Å². The maximum atomic E-state index is 13.4. The molecule has 3 heterocycles. The van der Waals surface area contributed by atoms with Gasteiger partial charge in [0.05, 0.1) is 21.7 Å². The third-order valence-corrected chi connectivity index (χ3v) is 9.39. The van der Waals surface area contributed by atoms with E-state index < -0.39 is 10.0 Å². The van der Waals surface area contributed by atoms with Gasteiger partial charge in [0.15, 0.2) is 0 Å². The topological polar surface area (TPSA) is 106 Å². The molecule has 2 amide bonds. The molecule has 1 aromatic heterocycles. The van der Waals surface area contributed by atoms with Crippen molar-refractivity contribution in [1.82, 2.24) is 14.8 Å². The van der Waals surface area contributed by atoms with E-state index in [4.69, 9.17) is 11.6 Å². The molecule has 0 radical (unpaired) electrons. The summed E-state index contributed by atoms with van der Waals surface area (Å²) in [5.74, 6) is -0.381. The Balaban J connectivity index is 1.49. The Bertz CT molecular complexity index is 1620. The van der Waals surface area contributed by atoms with Gasteiger partial charge >= 0.3 is 0 Å². The normalized spacial score (nSPS) is 16.9. The highest BCUT2D eigenvalue weighted by molar-refractivity contribution is 7.92. The highest BCUT2D eigenvalue weighted by atomic mass is 35.5. The molecule has 9 nitrogen and oxygen atoms in total. The molecule has 2 aromatic carbocycles. The van der Waals surface area contributed by atoms with Crippen molar-refractivity contribution in [3.63, 3.8) is 0 Å². The highest BCUT2D eigenvalue weighted by Gasteiger charge is 2.30. The molecule has 1 fully saturated rings. The van der Waals surface area contributed by atoms with Crippen LogP contribution in [0.25, 0.3) is 11.6 Å². The van der Waals surface area contributed by atoms with E-state index in [1.165, 1.54) is 19.2 Å². The molecule has 11 heteroatoms. The van der Waals surface area contributed by atoms with Crippen molar-refractivity contribution >= 4 is 56.5 Å². The van der Waals surface area contributed by atoms with Crippen molar-refractivity contribution in [2.24, 2.45) is 0 Å². The summed E-state index contributed by atoms with van der Waals surface area (Å²) < 4.78 is 28.0. The molecular weight excluding hydrogens is 538 g/mol. The summed E-state index contributed by atoms with van der Waals surface area (Å²) in [6.45, 7) is 6.66. The van der Waals surface area contributed by atoms with Crippen LogP contribution in [0.1, 0.15) is 32.9 Å². The first-order valence-electron chi connectivity index (χ1n) is 12.6. The lowest BCUT2D eigenvalue weighted by Gasteiger charge is -2.32. The monoisotopic (exact) mass is 567 g/mol. The Morgan fingerprint density at radius 2 is 1.79 bits per heavy atom. The molecule has 0 unspecified atom stereocenters. The van der Waals surface area contributed by atoms with Gasteiger partial charge in [-0.05, 0) is 68.9 Å². The number of benzene rings is 2. The summed E-state index contributed by atoms with van der Waals surface area (Å²) in [4.78, 5) is 33.6. The van der Waals surface area contributed by atoms with Crippen LogP contribution in [0.5, 0.6) is 0 Å². The maximum Gasteiger partial charge on any atom is 0.264 e. The fourth-order valence-electron chi connectivity index (χ4n) is 4.99. The van der Waals surface area contributed by atoms with Crippen molar-refractivity contribution in [2.45, 2.75) is 18.7 Å². The minimum atomic E-state index is -3.94. The predicted octanol–water partition coefficient (Wildman–Crippen LogP) is 3.99. The molecule has 2 aliphatic rings. The van der Waals surface area contributed by atoms with Crippen molar-refractivity contribution in [1.29, 1.82) is 0 Å². The molecule has 1 saturated heterocycles. The third-order valence-electron chi connectivity index (χ3n) is 7.37. The minimum absolute atomic E-state index is 0.0345. The predicted molar refractivity (Wildman–Crippen MR) is 154 cm³/mol. The van der Waals surface area contributed by atoms with E-state index in [9.17, 15) is 18.0 Å². The van der Waals surface area contributed by atoms with Gasteiger partial charge in [0, 0.05) is 60.9 Å². The number of nitrogens with zero attached hydrogens (tertiary/aromatic N) is 3. The number of aromatic amines is 1. The first-order valence-corrected chi connectivity index (χ1v) is 14.4. The van der Waals surface area contributed by atoms with Crippen LogP contribution in [0.2, 0.25) is 5.02 Å². The number of likely N-dealkylation sites (N-methyl/N-ethyl adjacent to an activating group) is 1. The second-order valence-electron chi connectivity index (χ2n) is 9.93. The van der Waals surface area contributed by atoms with Gasteiger partial charge in [-0.15, -0.1) is 0 Å². The number of hydrogen-bond donors (Lipinski definition) is 2. The zero-order valence-corrected chi connectivity index (χ0v) is 23.8. The van der Waals surface area contributed by atoms with Crippen LogP contribution in [0.15, 0.2) is 47.4 Å². The van der Waals surface area contributed by atoms with Crippen LogP contribution in [-0.4, -0.2) is 75.3 Å². The van der Waals surface area contributed by atoms with Crippen molar-refractivity contribution in [2.75, 3.05) is 49.9 Å². The number of piperazine rings is 1. The van der Waals surface area contributed by atoms with Crippen LogP contribution >= 0.6 is 11.6 Å². The van der Waals surface area contributed by atoms with Gasteiger partial charge in [-0.2, -0.15) is 0 Å². The number of rotatable bonds is 5. The lowest BCUT2D eigenvalue weighted by Crippen LogP contribution is -2.47. The van der Waals surface area contributed by atoms with Gasteiger partial charge in [-0.3, -0.25) is 13.9 Å². The maximum absolute atomic E-state index is 13.4. The smallest absolute Gasteiger partial charge is 0.264 e. The van der Waals surface area contributed by atoms with Crippen molar-refractivity contribution in [3.05, 3.63) is 75.6 Å². The SMILES string of the molecule is Cc1[nH]c(C=C2C(=O)Nc3ccc(S(=O)(=O)N(C)c4cccc(Cl)c4)cc32)c(C)c1C(=O)N1CCN(C)CC1. The minimum Gasteiger partial charge on any atom is -0.358 e. The number of nitrogens with one attached hydrogen (secondary N) is 2. The molecule has 2 N–H and O–H groups in total. The van der Waals surface area contributed by atoms with Crippen LogP contribution in [0, 0.1) is 13.8 Å². The second kappa shape index (κ2) is 10.2. The molecule has 0 saturated carbocycles. The number of H-pyrrole nitrogens is 1. The Morgan fingerprint density at radius 1 is 1.08 bits per heavy atom. The summed E-state index contributed by atoms with van der Waals surface area (Å²) in [7, 11) is -0.442. The van der Waals surface area contributed by atoms with E-state index in [1.54, 1.807) is 36.4 Å². The zero-order valence-electron chi connectivity index (χ0n) is 22.2. The van der Waals surface area contributed by atoms with Gasteiger partial charge in [0.25, 0.3) is 21.8 Å². The summed E-state index contributed by atoms with van der Waals surface area (Å²) in [5, 5.41) is 3.23. The number of anilines is 2. The number of aromatic nitrogens is 1. The molecule has 0 atom stereocenters. The number of fused-ring (bicyclic) bond motifs is 1. The molecule has 3 aromatic rings. The first kappa shape index (κ1) is 27.0. The van der Waals surface area contributed by atoms with E-state index in [1.807, 2.05) is 25.8 Å². The van der Waals surface area contributed by atoms with Crippen LogP contribution in [0.3, 0.4) is 0 Å². The summed E-state index contributed by atoms with van der Waals surface area (Å²) >= 11 is 6.07. The first-order chi connectivity index (χ1) is 18.5. The molecule has 39 heavy (non-hydrogen) atoms. The number of amides is 2. The van der Waals surface area contributed by atoms with Crippen LogP contribution in [-0.2, 0) is 14.8 Å². The van der Waals surface area contributed by atoms with Crippen molar-refractivity contribution < 1.29 is 18.0 Å². The molecule has 204 valence electrons. The van der Waals surface area contributed by atoms with Crippen LogP contribution < -0.4 is 9.62 Å². The number of hydrogen-bond acceptors (Lipinski definition) is 5. The quantitative estimate of drug-likeness (QED) is 0.454. The van der Waals surface area contributed by atoms with E-state index in [2.05, 4.69) is 15.2 Å². The lowest BCUT2D eigenvalue weighted by molar-refractivity contribution is -0.110. The van der Waals surface area contributed by atoms with Gasteiger partial charge in [0.1, 0.15) is 0 Å². The average molecular weight is 568 g/mol. The average Bonchev–Trinajstić information content (AvgIpc) is 3.37. The van der Waals surface area contributed by atoms with Gasteiger partial charge in [0.2, 0.25) is 0 Å². The van der Waals surface area contributed by atoms with E-state index in [0.717, 1.165) is 28.7 Å². The van der Waals surface area contributed by atoms with Gasteiger partial charge in [-0.1, -0.05) is 17.7 Å². The zero-order chi connectivity index (χ0) is 28.1. The number of sulfonamides is 1. The number of halogens is 1. The van der Waals surface area contributed by atoms with Crippen LogP contribution in [0.4, 0.5) is 11.4 Å². The number of carbonyl (C=O) groups excluding carboxylic acids is 2. The fourth-order valence-corrected chi connectivity index (χ4v) is 6.39. The summed E-state index contributed by atoms with van der Waals surface area (Å²) in [6, 6.07) is 11.1. The van der Waals surface area contributed by atoms with Crippen molar-refractivity contribution in [3.8, 4) is 0 Å². The summed E-state index contributed by atoms with van der Waals surface area (Å²) in [5.41, 5.74) is 4.43. The standard InChI is InChI=1S/C28H30ClN5O4S/c1-17-25(30-18(2)26(17)28(36)34-12-10-32(3)11-13-34)16-23-22-15-21(8-9-24(22)31-27(23)35)39(37,38)33(4)20-7-5-6-19(29)14-20/h5-9,14-16,30H,10-13H2,1-4H3,(H,31,35). The third kappa shape index (κ3) is 4.95. The second-order valence-corrected chi connectivity index (χ2v) is 12.3. The Morgan fingerprint density at radius 3 is 2.49 bits per heavy atom. The Kier molecular flexibility index (Phi) is 7.04. The molecular formula is C28H30ClN5O4S. The lowest BCUT2D eigenvalue weighted by atomic mass is 10.0. The Hall–Kier alpha value is -3.60. The van der Waals surface area contributed by atoms with E-state index in [-0.39, 0.29) is 16.7 Å². The summed E-state index contributed by atoms with van der Waals surface area (Å²) in [6.07, 6.45) is 1.68. The fraction of sp³-hybridized carbons (Fsp3) is 0.286. The highest BCUT2D eigenvalue weighted by Crippen LogP contribution is 2.37. The molecule has 0 bridgehead atoms. The largest absolute Gasteiger partial charge is 0.358 e. The molecule has 2 aliphatic heterocycles.